The second-order valence-corrected chi connectivity index (χ2v) is 6.18. The summed E-state index contributed by atoms with van der Waals surface area (Å²) in [5, 5.41) is 2.49. The maximum absolute atomic E-state index is 4.77. The van der Waals surface area contributed by atoms with Crippen molar-refractivity contribution >= 4 is 32.3 Å². The molecule has 4 aromatic rings. The number of hydrogen-bond donors (Lipinski definition) is 0. The van der Waals surface area contributed by atoms with Gasteiger partial charge in [0.05, 0.1) is 5.69 Å². The van der Waals surface area contributed by atoms with E-state index in [-0.39, 0.29) is 0 Å². The molecule has 21 heavy (non-hydrogen) atoms. The number of pyridine rings is 1. The average molecular weight is 337 g/mol. The summed E-state index contributed by atoms with van der Waals surface area (Å²) in [5.41, 5.74) is 4.31. The van der Waals surface area contributed by atoms with Crippen molar-refractivity contribution in [1.82, 2.24) is 9.38 Å². The zero-order valence-electron chi connectivity index (χ0n) is 11.5. The van der Waals surface area contributed by atoms with E-state index in [1.165, 1.54) is 10.8 Å². The summed E-state index contributed by atoms with van der Waals surface area (Å²) < 4.78 is 3.14. The van der Waals surface area contributed by atoms with Gasteiger partial charge in [0.15, 0.2) is 0 Å². The van der Waals surface area contributed by atoms with Crippen LogP contribution < -0.4 is 0 Å². The summed E-state index contributed by atoms with van der Waals surface area (Å²) >= 11 is 3.53. The van der Waals surface area contributed by atoms with Crippen molar-refractivity contribution in [3.05, 3.63) is 71.0 Å². The molecule has 3 heteroatoms. The summed E-state index contributed by atoms with van der Waals surface area (Å²) in [5.74, 6) is 0. The molecule has 2 nitrogen and oxygen atoms in total. The Morgan fingerprint density at radius 3 is 2.62 bits per heavy atom. The number of imidazole rings is 1. The molecule has 4 rings (SSSR count). The van der Waals surface area contributed by atoms with Gasteiger partial charge in [0.2, 0.25) is 0 Å². The van der Waals surface area contributed by atoms with Crippen LogP contribution in [0.1, 0.15) is 5.56 Å². The minimum absolute atomic E-state index is 1.00. The summed E-state index contributed by atoms with van der Waals surface area (Å²) in [6.07, 6.45) is 4.12. The lowest BCUT2D eigenvalue weighted by Gasteiger charge is -2.00. The van der Waals surface area contributed by atoms with E-state index in [1.807, 2.05) is 6.20 Å². The SMILES string of the molecule is Cc1cc(Br)cn2cc(-c3ccc4ccccc4c3)nc12. The molecule has 0 aliphatic heterocycles. The average Bonchev–Trinajstić information content (AvgIpc) is 2.91. The molecule has 0 atom stereocenters. The first-order chi connectivity index (χ1) is 10.2. The molecule has 0 aliphatic carbocycles. The number of fused-ring (bicyclic) bond motifs is 2. The van der Waals surface area contributed by atoms with E-state index >= 15 is 0 Å². The van der Waals surface area contributed by atoms with E-state index < -0.39 is 0 Å². The van der Waals surface area contributed by atoms with Crippen LogP contribution in [0.15, 0.2) is 65.4 Å². The molecular weight excluding hydrogens is 324 g/mol. The molecule has 0 bridgehead atoms. The van der Waals surface area contributed by atoms with Crippen molar-refractivity contribution in [2.75, 3.05) is 0 Å². The second-order valence-electron chi connectivity index (χ2n) is 5.26. The van der Waals surface area contributed by atoms with Crippen LogP contribution in [0.3, 0.4) is 0 Å². The molecule has 2 aromatic carbocycles. The first-order valence-electron chi connectivity index (χ1n) is 6.85. The van der Waals surface area contributed by atoms with Crippen LogP contribution in [0, 0.1) is 6.92 Å². The molecule has 0 aliphatic rings. The number of aryl methyl sites for hydroxylation is 1. The molecule has 102 valence electrons. The summed E-state index contributed by atoms with van der Waals surface area (Å²) in [7, 11) is 0. The Morgan fingerprint density at radius 2 is 1.76 bits per heavy atom. The van der Waals surface area contributed by atoms with E-state index in [1.54, 1.807) is 0 Å². The molecule has 0 spiro atoms. The predicted molar refractivity (Wildman–Crippen MR) is 90.6 cm³/mol. The fourth-order valence-corrected chi connectivity index (χ4v) is 3.28. The zero-order valence-corrected chi connectivity index (χ0v) is 13.1. The van der Waals surface area contributed by atoms with Gasteiger partial charge in [-0.25, -0.2) is 4.98 Å². The molecule has 0 unspecified atom stereocenters. The highest BCUT2D eigenvalue weighted by Gasteiger charge is 2.07. The van der Waals surface area contributed by atoms with Gasteiger partial charge < -0.3 is 4.40 Å². The largest absolute Gasteiger partial charge is 0.305 e. The minimum Gasteiger partial charge on any atom is -0.305 e. The molecule has 0 amide bonds. The molecule has 2 aromatic heterocycles. The van der Waals surface area contributed by atoms with Crippen molar-refractivity contribution in [2.24, 2.45) is 0 Å². The molecule has 2 heterocycles. The third-order valence-corrected chi connectivity index (χ3v) is 4.18. The molecular formula is C18H13BrN2. The lowest BCUT2D eigenvalue weighted by Crippen LogP contribution is -1.86. The second kappa shape index (κ2) is 4.71. The van der Waals surface area contributed by atoms with Gasteiger partial charge >= 0.3 is 0 Å². The van der Waals surface area contributed by atoms with E-state index in [9.17, 15) is 0 Å². The highest BCUT2D eigenvalue weighted by molar-refractivity contribution is 9.10. The maximum atomic E-state index is 4.77. The van der Waals surface area contributed by atoms with Crippen molar-refractivity contribution in [2.45, 2.75) is 6.92 Å². The van der Waals surface area contributed by atoms with Gasteiger partial charge in [-0.15, -0.1) is 0 Å². The fourth-order valence-electron chi connectivity index (χ4n) is 2.71. The van der Waals surface area contributed by atoms with Crippen molar-refractivity contribution in [3.63, 3.8) is 0 Å². The number of halogens is 1. The summed E-state index contributed by atoms with van der Waals surface area (Å²) in [4.78, 5) is 4.77. The number of aromatic nitrogens is 2. The Labute approximate surface area is 131 Å². The van der Waals surface area contributed by atoms with Gasteiger partial charge in [-0.05, 0) is 51.3 Å². The van der Waals surface area contributed by atoms with Crippen LogP contribution in [0.25, 0.3) is 27.7 Å². The lowest BCUT2D eigenvalue weighted by molar-refractivity contribution is 1.15. The molecule has 0 N–H and O–H groups in total. The first kappa shape index (κ1) is 12.6. The Bertz CT molecular complexity index is 969. The summed E-state index contributed by atoms with van der Waals surface area (Å²) in [6.45, 7) is 2.08. The van der Waals surface area contributed by atoms with E-state index in [2.05, 4.69) is 82.0 Å². The highest BCUT2D eigenvalue weighted by Crippen LogP contribution is 2.26. The van der Waals surface area contributed by atoms with E-state index in [0.717, 1.165) is 26.9 Å². The fraction of sp³-hybridized carbons (Fsp3) is 0.0556. The molecule has 0 fully saturated rings. The quantitative estimate of drug-likeness (QED) is 0.465. The van der Waals surface area contributed by atoms with Crippen LogP contribution in [-0.4, -0.2) is 9.38 Å². The van der Waals surface area contributed by atoms with Crippen LogP contribution in [0.2, 0.25) is 0 Å². The topological polar surface area (TPSA) is 17.3 Å². The van der Waals surface area contributed by atoms with Crippen molar-refractivity contribution in [3.8, 4) is 11.3 Å². The Kier molecular flexibility index (Phi) is 2.82. The Morgan fingerprint density at radius 1 is 0.952 bits per heavy atom. The highest BCUT2D eigenvalue weighted by atomic mass is 79.9. The monoisotopic (exact) mass is 336 g/mol. The molecule has 0 saturated carbocycles. The Hall–Kier alpha value is -2.13. The third kappa shape index (κ3) is 2.14. The van der Waals surface area contributed by atoms with Gasteiger partial charge in [-0.1, -0.05) is 36.4 Å². The van der Waals surface area contributed by atoms with Crippen LogP contribution in [-0.2, 0) is 0 Å². The number of hydrogen-bond acceptors (Lipinski definition) is 1. The van der Waals surface area contributed by atoms with Gasteiger partial charge in [0.25, 0.3) is 0 Å². The van der Waals surface area contributed by atoms with Crippen LogP contribution in [0.4, 0.5) is 0 Å². The standard InChI is InChI=1S/C18H13BrN2/c1-12-8-16(19)10-21-11-17(20-18(12)21)15-7-6-13-4-2-3-5-14(13)9-15/h2-11H,1H3. The van der Waals surface area contributed by atoms with E-state index in [4.69, 9.17) is 4.98 Å². The minimum atomic E-state index is 1.00. The summed E-state index contributed by atoms with van der Waals surface area (Å²) in [6, 6.07) is 17.0. The normalized spacial score (nSPS) is 11.3. The van der Waals surface area contributed by atoms with Gasteiger partial charge in [0, 0.05) is 22.4 Å². The molecule has 0 saturated heterocycles. The van der Waals surface area contributed by atoms with Gasteiger partial charge in [0.1, 0.15) is 5.65 Å². The van der Waals surface area contributed by atoms with E-state index in [0.29, 0.717) is 0 Å². The van der Waals surface area contributed by atoms with Crippen molar-refractivity contribution < 1.29 is 0 Å². The lowest BCUT2D eigenvalue weighted by atomic mass is 10.1. The number of nitrogens with zero attached hydrogens (tertiary/aromatic N) is 2. The van der Waals surface area contributed by atoms with Gasteiger partial charge in [-0.3, -0.25) is 0 Å². The molecule has 0 radical (unpaired) electrons. The third-order valence-electron chi connectivity index (χ3n) is 3.75. The van der Waals surface area contributed by atoms with Gasteiger partial charge in [-0.2, -0.15) is 0 Å². The smallest absolute Gasteiger partial charge is 0.140 e. The number of benzene rings is 2. The van der Waals surface area contributed by atoms with Crippen LogP contribution in [0.5, 0.6) is 0 Å². The number of rotatable bonds is 1. The van der Waals surface area contributed by atoms with Crippen molar-refractivity contribution in [1.29, 1.82) is 0 Å². The Balaban J connectivity index is 1.93. The zero-order chi connectivity index (χ0) is 14.4. The van der Waals surface area contributed by atoms with Crippen LogP contribution >= 0.6 is 15.9 Å². The maximum Gasteiger partial charge on any atom is 0.140 e. The predicted octanol–water partition coefficient (Wildman–Crippen LogP) is 5.23. The first-order valence-corrected chi connectivity index (χ1v) is 7.64.